The number of aromatic nitrogens is 1. The Morgan fingerprint density at radius 1 is 1.22 bits per heavy atom. The van der Waals surface area contributed by atoms with Crippen LogP contribution >= 0.6 is 15.9 Å². The van der Waals surface area contributed by atoms with Gasteiger partial charge in [-0.25, -0.2) is 0 Å². The van der Waals surface area contributed by atoms with E-state index in [1.165, 1.54) is 4.98 Å². The second-order valence-electron chi connectivity index (χ2n) is 3.05. The van der Waals surface area contributed by atoms with Crippen molar-refractivity contribution in [2.24, 2.45) is 0 Å². The van der Waals surface area contributed by atoms with Crippen molar-refractivity contribution in [2.45, 2.75) is 17.9 Å². The van der Waals surface area contributed by atoms with Crippen molar-refractivity contribution < 1.29 is 31.1 Å². The molecule has 1 N–H and O–H groups in total. The van der Waals surface area contributed by atoms with Gasteiger partial charge in [0.05, 0.1) is 0 Å². The van der Waals surface area contributed by atoms with Crippen molar-refractivity contribution in [3.63, 3.8) is 0 Å². The van der Waals surface area contributed by atoms with Crippen LogP contribution in [0.3, 0.4) is 0 Å². The van der Waals surface area contributed by atoms with Crippen molar-refractivity contribution in [3.05, 3.63) is 27.7 Å². The van der Waals surface area contributed by atoms with Gasteiger partial charge in [0.1, 0.15) is 5.69 Å². The molecule has 0 saturated carbocycles. The van der Waals surface area contributed by atoms with Crippen molar-refractivity contribution >= 4 is 15.9 Å². The van der Waals surface area contributed by atoms with Crippen LogP contribution in [0, 0.1) is 0 Å². The molecule has 0 radical (unpaired) electrons. The Morgan fingerprint density at radius 2 is 1.78 bits per heavy atom. The van der Waals surface area contributed by atoms with Crippen LogP contribution in [0.5, 0.6) is 5.75 Å². The molecule has 1 heterocycles. The number of hydrogen-bond acceptors (Lipinski definition) is 2. The molecule has 10 heteroatoms. The number of hydrogen-bond donors (Lipinski definition) is 1. The molecule has 0 aliphatic carbocycles. The molecule has 0 aliphatic heterocycles. The first kappa shape index (κ1) is 14.9. The fraction of sp³-hybridized carbons (Fsp3) is 0.375. The summed E-state index contributed by atoms with van der Waals surface area (Å²) in [5.41, 5.74) is -3.60. The van der Waals surface area contributed by atoms with E-state index >= 15 is 0 Å². The third-order valence-electron chi connectivity index (χ3n) is 1.73. The largest absolute Gasteiger partial charge is 0.573 e. The minimum absolute atomic E-state index is 0.372. The number of aromatic amines is 1. The molecule has 0 aromatic carbocycles. The molecule has 0 saturated heterocycles. The van der Waals surface area contributed by atoms with E-state index in [1.807, 2.05) is 0 Å². The number of halogens is 7. The summed E-state index contributed by atoms with van der Waals surface area (Å²) in [5, 5.41) is -0.397. The van der Waals surface area contributed by atoms with Gasteiger partial charge in [0.25, 0.3) is 5.56 Å². The number of nitrogens with one attached hydrogen (secondary N) is 1. The summed E-state index contributed by atoms with van der Waals surface area (Å²) < 4.78 is 76.2. The monoisotopic (exact) mass is 339 g/mol. The third-order valence-corrected chi connectivity index (χ3v) is 2.34. The molecule has 0 spiro atoms. The van der Waals surface area contributed by atoms with E-state index in [1.54, 1.807) is 0 Å². The molecule has 1 rings (SSSR count). The van der Waals surface area contributed by atoms with Crippen LogP contribution < -0.4 is 10.3 Å². The van der Waals surface area contributed by atoms with Gasteiger partial charge in [-0.2, -0.15) is 13.2 Å². The number of pyridine rings is 1. The minimum Gasteiger partial charge on any atom is -0.400 e. The van der Waals surface area contributed by atoms with Gasteiger partial charge in [-0.15, -0.1) is 13.2 Å². The predicted octanol–water partition coefficient (Wildman–Crippen LogP) is 3.19. The van der Waals surface area contributed by atoms with Gasteiger partial charge in [-0.3, -0.25) is 4.79 Å². The van der Waals surface area contributed by atoms with Crippen LogP contribution in [-0.2, 0) is 11.5 Å². The lowest BCUT2D eigenvalue weighted by Crippen LogP contribution is -2.26. The van der Waals surface area contributed by atoms with Crippen LogP contribution in [0.2, 0.25) is 0 Å². The molecular formula is C8H4BrF6NO2. The average Bonchev–Trinajstić information content (AvgIpc) is 2.17. The Balaban J connectivity index is 3.34. The predicted molar refractivity (Wildman–Crippen MR) is 51.4 cm³/mol. The molecule has 0 aliphatic rings. The Morgan fingerprint density at radius 3 is 2.17 bits per heavy atom. The molecule has 0 bridgehead atoms. The van der Waals surface area contributed by atoms with Gasteiger partial charge in [0.15, 0.2) is 5.75 Å². The highest BCUT2D eigenvalue weighted by Crippen LogP contribution is 2.31. The van der Waals surface area contributed by atoms with E-state index < -0.39 is 40.4 Å². The first-order valence-electron chi connectivity index (χ1n) is 4.19. The van der Waals surface area contributed by atoms with E-state index in [4.69, 9.17) is 0 Å². The fourth-order valence-electron chi connectivity index (χ4n) is 1.08. The van der Waals surface area contributed by atoms with Gasteiger partial charge in [0, 0.05) is 10.9 Å². The Kier molecular flexibility index (Phi) is 3.99. The second kappa shape index (κ2) is 4.82. The highest BCUT2D eigenvalue weighted by molar-refractivity contribution is 9.08. The highest BCUT2D eigenvalue weighted by atomic mass is 79.9. The Hall–Kier alpha value is -1.19. The van der Waals surface area contributed by atoms with Crippen LogP contribution in [0.4, 0.5) is 26.3 Å². The average molecular weight is 340 g/mol. The molecule has 3 nitrogen and oxygen atoms in total. The first-order chi connectivity index (χ1) is 8.04. The van der Waals surface area contributed by atoms with Crippen LogP contribution in [0.25, 0.3) is 0 Å². The molecule has 18 heavy (non-hydrogen) atoms. The zero-order chi connectivity index (χ0) is 14.1. The normalized spacial score (nSPS) is 12.6. The number of rotatable bonds is 2. The van der Waals surface area contributed by atoms with E-state index in [2.05, 4.69) is 20.7 Å². The standard InChI is InChI=1S/C8H4BrF6NO2/c9-2-3-1-4(7(10,11)12)16-6(17)5(3)18-8(13,14)15/h1H,2H2,(H,16,17). The zero-order valence-corrected chi connectivity index (χ0v) is 9.83. The van der Waals surface area contributed by atoms with Gasteiger partial charge < -0.3 is 9.72 Å². The maximum Gasteiger partial charge on any atom is 0.573 e. The van der Waals surface area contributed by atoms with Crippen molar-refractivity contribution in [2.75, 3.05) is 0 Å². The van der Waals surface area contributed by atoms with E-state index in [9.17, 15) is 31.1 Å². The van der Waals surface area contributed by atoms with Crippen molar-refractivity contribution in [3.8, 4) is 5.75 Å². The highest BCUT2D eigenvalue weighted by Gasteiger charge is 2.36. The minimum atomic E-state index is -5.16. The molecule has 1 aromatic rings. The molecule has 0 atom stereocenters. The third kappa shape index (κ3) is 3.65. The van der Waals surface area contributed by atoms with Crippen molar-refractivity contribution in [1.82, 2.24) is 4.98 Å². The molecule has 0 amide bonds. The summed E-state index contributed by atoms with van der Waals surface area (Å²) in [5.74, 6) is -1.22. The smallest absolute Gasteiger partial charge is 0.400 e. The van der Waals surface area contributed by atoms with Crippen molar-refractivity contribution in [1.29, 1.82) is 0 Å². The summed E-state index contributed by atoms with van der Waals surface area (Å²) in [6.07, 6.45) is -10.0. The molecule has 0 fully saturated rings. The topological polar surface area (TPSA) is 42.1 Å². The zero-order valence-electron chi connectivity index (χ0n) is 8.25. The maximum atomic E-state index is 12.3. The lowest BCUT2D eigenvalue weighted by molar-refractivity contribution is -0.275. The summed E-state index contributed by atoms with van der Waals surface area (Å²) in [6.45, 7) is 0. The SMILES string of the molecule is O=c1[nH]c(C(F)(F)F)cc(CBr)c1OC(F)(F)F. The quantitative estimate of drug-likeness (QED) is 0.664. The molecular weight excluding hydrogens is 336 g/mol. The summed E-state index contributed by atoms with van der Waals surface area (Å²) >= 11 is 2.68. The maximum absolute atomic E-state index is 12.3. The van der Waals surface area contributed by atoms with E-state index in [-0.39, 0.29) is 0 Å². The van der Waals surface area contributed by atoms with Crippen LogP contribution in [0.1, 0.15) is 11.3 Å². The van der Waals surface area contributed by atoms with Gasteiger partial charge in [0.2, 0.25) is 0 Å². The Bertz CT molecular complexity index is 492. The lowest BCUT2D eigenvalue weighted by atomic mass is 10.2. The van der Waals surface area contributed by atoms with Gasteiger partial charge >= 0.3 is 12.5 Å². The summed E-state index contributed by atoms with van der Waals surface area (Å²) in [4.78, 5) is 12.4. The number of H-pyrrole nitrogens is 1. The van der Waals surface area contributed by atoms with E-state index in [0.717, 1.165) is 0 Å². The van der Waals surface area contributed by atoms with Crippen LogP contribution in [0.15, 0.2) is 10.9 Å². The van der Waals surface area contributed by atoms with Gasteiger partial charge in [-0.1, -0.05) is 15.9 Å². The number of ether oxygens (including phenoxy) is 1. The summed E-state index contributed by atoms with van der Waals surface area (Å²) in [6, 6.07) is 0.372. The first-order valence-corrected chi connectivity index (χ1v) is 5.32. The number of alkyl halides is 7. The molecule has 0 unspecified atom stereocenters. The van der Waals surface area contributed by atoms with E-state index in [0.29, 0.717) is 6.07 Å². The summed E-state index contributed by atoms with van der Waals surface area (Å²) in [7, 11) is 0. The molecule has 102 valence electrons. The lowest BCUT2D eigenvalue weighted by Gasteiger charge is -2.13. The van der Waals surface area contributed by atoms with Crippen LogP contribution in [-0.4, -0.2) is 11.3 Å². The molecule has 1 aromatic heterocycles. The fourth-order valence-corrected chi connectivity index (χ4v) is 1.50. The Labute approximate surface area is 104 Å². The van der Waals surface area contributed by atoms with Gasteiger partial charge in [-0.05, 0) is 6.07 Å². The second-order valence-corrected chi connectivity index (χ2v) is 3.61.